The summed E-state index contributed by atoms with van der Waals surface area (Å²) in [6, 6.07) is 10.8. The summed E-state index contributed by atoms with van der Waals surface area (Å²) in [5, 5.41) is 0. The van der Waals surface area contributed by atoms with Gasteiger partial charge in [-0.15, -0.1) is 0 Å². The highest BCUT2D eigenvalue weighted by Crippen LogP contribution is 2.24. The number of hydrogen-bond donors (Lipinski definition) is 1. The molecule has 3 rings (SSSR count). The first kappa shape index (κ1) is 18.3. The monoisotopic (exact) mass is 359 g/mol. The van der Waals surface area contributed by atoms with E-state index in [0.29, 0.717) is 43.9 Å². The quantitative estimate of drug-likeness (QED) is 0.854. The molecule has 1 saturated heterocycles. The molecule has 1 aliphatic heterocycles. The molecule has 0 bridgehead atoms. The van der Waals surface area contributed by atoms with Gasteiger partial charge in [0.2, 0.25) is 5.91 Å². The maximum absolute atomic E-state index is 14.0. The number of carbonyl (C=O) groups is 1. The molecule has 1 atom stereocenters. The highest BCUT2D eigenvalue weighted by molar-refractivity contribution is 5.79. The average molecular weight is 359 g/mol. The van der Waals surface area contributed by atoms with E-state index < -0.39 is 11.6 Å². The average Bonchev–Trinajstić information content (AvgIpc) is 2.63. The van der Waals surface area contributed by atoms with Gasteiger partial charge in [0.1, 0.15) is 11.6 Å². The number of nitrogens with zero attached hydrogens (tertiary/aromatic N) is 2. The highest BCUT2D eigenvalue weighted by Gasteiger charge is 2.26. The molecule has 26 heavy (non-hydrogen) atoms. The second-order valence-corrected chi connectivity index (χ2v) is 6.68. The Kier molecular flexibility index (Phi) is 5.52. The minimum absolute atomic E-state index is 0.0787. The van der Waals surface area contributed by atoms with Gasteiger partial charge in [-0.25, -0.2) is 8.78 Å². The van der Waals surface area contributed by atoms with Crippen LogP contribution in [0.25, 0.3) is 0 Å². The zero-order valence-electron chi connectivity index (χ0n) is 14.8. The Hall–Kier alpha value is -2.47. The van der Waals surface area contributed by atoms with Crippen molar-refractivity contribution in [3.8, 4) is 0 Å². The molecule has 1 fully saturated rings. The lowest BCUT2D eigenvalue weighted by molar-refractivity contribution is -0.132. The van der Waals surface area contributed by atoms with E-state index in [-0.39, 0.29) is 11.9 Å². The molecule has 0 aromatic heterocycles. The normalized spacial score (nSPS) is 16.5. The number of amides is 1. The number of rotatable bonds is 4. The van der Waals surface area contributed by atoms with Gasteiger partial charge in [-0.2, -0.15) is 0 Å². The van der Waals surface area contributed by atoms with Gasteiger partial charge in [0.25, 0.3) is 0 Å². The number of piperazine rings is 1. The minimum atomic E-state index is -0.573. The van der Waals surface area contributed by atoms with E-state index in [1.165, 1.54) is 12.1 Å². The summed E-state index contributed by atoms with van der Waals surface area (Å²) in [5.41, 5.74) is 7.76. The van der Waals surface area contributed by atoms with Crippen LogP contribution in [-0.4, -0.2) is 41.9 Å². The molecule has 1 amide bonds. The number of anilines is 1. The van der Waals surface area contributed by atoms with Crippen molar-refractivity contribution >= 4 is 11.6 Å². The number of nitrogen functional groups attached to an aromatic ring is 1. The topological polar surface area (TPSA) is 49.6 Å². The van der Waals surface area contributed by atoms with Gasteiger partial charge in [0, 0.05) is 49.5 Å². The van der Waals surface area contributed by atoms with Gasteiger partial charge in [0.05, 0.1) is 6.42 Å². The van der Waals surface area contributed by atoms with Gasteiger partial charge in [0.15, 0.2) is 0 Å². The molecule has 0 saturated carbocycles. The third-order valence-electron chi connectivity index (χ3n) is 4.96. The predicted octanol–water partition coefficient (Wildman–Crippen LogP) is 2.99. The van der Waals surface area contributed by atoms with Crippen molar-refractivity contribution in [3.63, 3.8) is 0 Å². The smallest absolute Gasteiger partial charge is 0.227 e. The predicted molar refractivity (Wildman–Crippen MR) is 97.5 cm³/mol. The molecule has 4 nitrogen and oxygen atoms in total. The van der Waals surface area contributed by atoms with Crippen LogP contribution in [0, 0.1) is 11.6 Å². The van der Waals surface area contributed by atoms with E-state index in [1.807, 2.05) is 24.0 Å². The van der Waals surface area contributed by atoms with Crippen molar-refractivity contribution < 1.29 is 13.6 Å². The van der Waals surface area contributed by atoms with E-state index in [2.05, 4.69) is 4.90 Å². The summed E-state index contributed by atoms with van der Waals surface area (Å²) in [4.78, 5) is 16.4. The fraction of sp³-hybridized carbons (Fsp3) is 0.350. The van der Waals surface area contributed by atoms with Crippen LogP contribution in [0.5, 0.6) is 0 Å². The van der Waals surface area contributed by atoms with E-state index in [9.17, 15) is 13.6 Å². The van der Waals surface area contributed by atoms with Gasteiger partial charge in [-0.05, 0) is 30.7 Å². The van der Waals surface area contributed by atoms with Crippen molar-refractivity contribution in [3.05, 3.63) is 65.2 Å². The number of hydrogen-bond acceptors (Lipinski definition) is 3. The van der Waals surface area contributed by atoms with Gasteiger partial charge in [-0.3, -0.25) is 9.69 Å². The number of halogens is 2. The lowest BCUT2D eigenvalue weighted by Crippen LogP contribution is -2.49. The first-order valence-electron chi connectivity index (χ1n) is 8.75. The first-order chi connectivity index (χ1) is 12.4. The van der Waals surface area contributed by atoms with Crippen LogP contribution in [-0.2, 0) is 11.2 Å². The Morgan fingerprint density at radius 1 is 1.08 bits per heavy atom. The van der Waals surface area contributed by atoms with Crippen molar-refractivity contribution in [1.82, 2.24) is 9.80 Å². The molecule has 0 aliphatic carbocycles. The molecule has 1 unspecified atom stereocenters. The summed E-state index contributed by atoms with van der Waals surface area (Å²) in [7, 11) is 0. The Labute approximate surface area is 152 Å². The van der Waals surface area contributed by atoms with Gasteiger partial charge in [-0.1, -0.05) is 18.2 Å². The van der Waals surface area contributed by atoms with Crippen molar-refractivity contribution in [2.45, 2.75) is 19.4 Å². The van der Waals surface area contributed by atoms with Crippen molar-refractivity contribution in [2.24, 2.45) is 0 Å². The SMILES string of the molecule is CC(c1ccc(F)cc1F)N1CCN(C(=O)Cc2ccc(N)cc2)CC1. The molecule has 0 radical (unpaired) electrons. The Balaban J connectivity index is 1.56. The largest absolute Gasteiger partial charge is 0.399 e. The Morgan fingerprint density at radius 3 is 2.35 bits per heavy atom. The van der Waals surface area contributed by atoms with Crippen LogP contribution >= 0.6 is 0 Å². The van der Waals surface area contributed by atoms with E-state index in [1.54, 1.807) is 12.1 Å². The van der Waals surface area contributed by atoms with Crippen LogP contribution in [0.4, 0.5) is 14.5 Å². The fourth-order valence-electron chi connectivity index (χ4n) is 3.32. The second-order valence-electron chi connectivity index (χ2n) is 6.68. The summed E-state index contributed by atoms with van der Waals surface area (Å²) >= 11 is 0. The molecule has 1 aliphatic rings. The van der Waals surface area contributed by atoms with Crippen LogP contribution in [0.3, 0.4) is 0 Å². The molecule has 2 aromatic carbocycles. The maximum Gasteiger partial charge on any atom is 0.227 e. The molecule has 2 aromatic rings. The zero-order valence-corrected chi connectivity index (χ0v) is 14.8. The Bertz CT molecular complexity index is 771. The fourth-order valence-corrected chi connectivity index (χ4v) is 3.32. The van der Waals surface area contributed by atoms with Gasteiger partial charge >= 0.3 is 0 Å². The number of carbonyl (C=O) groups excluding carboxylic acids is 1. The molecule has 6 heteroatoms. The lowest BCUT2D eigenvalue weighted by Gasteiger charge is -2.38. The maximum atomic E-state index is 14.0. The lowest BCUT2D eigenvalue weighted by atomic mass is 10.0. The zero-order chi connectivity index (χ0) is 18.7. The van der Waals surface area contributed by atoms with E-state index >= 15 is 0 Å². The van der Waals surface area contributed by atoms with Gasteiger partial charge < -0.3 is 10.6 Å². The molecular weight excluding hydrogens is 336 g/mol. The molecule has 138 valence electrons. The minimum Gasteiger partial charge on any atom is -0.399 e. The van der Waals surface area contributed by atoms with Crippen molar-refractivity contribution in [1.29, 1.82) is 0 Å². The third-order valence-corrected chi connectivity index (χ3v) is 4.96. The summed E-state index contributed by atoms with van der Waals surface area (Å²) in [6.07, 6.45) is 0.350. The number of benzene rings is 2. The summed E-state index contributed by atoms with van der Waals surface area (Å²) < 4.78 is 27.1. The molecule has 2 N–H and O–H groups in total. The Morgan fingerprint density at radius 2 is 1.73 bits per heavy atom. The van der Waals surface area contributed by atoms with Crippen LogP contribution in [0.1, 0.15) is 24.1 Å². The van der Waals surface area contributed by atoms with Crippen LogP contribution < -0.4 is 5.73 Å². The number of nitrogens with two attached hydrogens (primary N) is 1. The van der Waals surface area contributed by atoms with Crippen LogP contribution in [0.2, 0.25) is 0 Å². The summed E-state index contributed by atoms with van der Waals surface area (Å²) in [6.45, 7) is 4.42. The summed E-state index contributed by atoms with van der Waals surface area (Å²) in [5.74, 6) is -1.02. The van der Waals surface area contributed by atoms with Crippen molar-refractivity contribution in [2.75, 3.05) is 31.9 Å². The second kappa shape index (κ2) is 7.83. The van der Waals surface area contributed by atoms with E-state index in [0.717, 1.165) is 11.6 Å². The highest BCUT2D eigenvalue weighted by atomic mass is 19.1. The molecular formula is C20H23F2N3O. The standard InChI is InChI=1S/C20H23F2N3O/c1-14(18-7-4-16(21)13-19(18)22)24-8-10-25(11-9-24)20(26)12-15-2-5-17(23)6-3-15/h2-7,13-14H,8-12,23H2,1H3. The third kappa shape index (κ3) is 4.19. The molecule has 0 spiro atoms. The van der Waals surface area contributed by atoms with Crippen LogP contribution in [0.15, 0.2) is 42.5 Å². The molecule has 1 heterocycles. The first-order valence-corrected chi connectivity index (χ1v) is 8.75. The van der Waals surface area contributed by atoms with E-state index in [4.69, 9.17) is 5.73 Å².